The van der Waals surface area contributed by atoms with E-state index in [1.807, 2.05) is 6.07 Å². The van der Waals surface area contributed by atoms with Crippen molar-refractivity contribution < 1.29 is 4.79 Å². The molecule has 0 aliphatic carbocycles. The van der Waals surface area contributed by atoms with Crippen LogP contribution in [0.1, 0.15) is 33.8 Å². The predicted octanol–water partition coefficient (Wildman–Crippen LogP) is 3.98. The van der Waals surface area contributed by atoms with Gasteiger partial charge in [0.15, 0.2) is 0 Å². The van der Waals surface area contributed by atoms with Gasteiger partial charge in [0.1, 0.15) is 0 Å². The molecule has 0 aliphatic heterocycles. The summed E-state index contributed by atoms with van der Waals surface area (Å²) in [6, 6.07) is 7.46. The van der Waals surface area contributed by atoms with Gasteiger partial charge in [-0.25, -0.2) is 0 Å². The second-order valence-electron chi connectivity index (χ2n) is 4.39. The van der Waals surface area contributed by atoms with Crippen LogP contribution in [0.5, 0.6) is 0 Å². The average molecular weight is 295 g/mol. The monoisotopic (exact) mass is 294 g/mol. The molecule has 1 aromatic carbocycles. The van der Waals surface area contributed by atoms with Gasteiger partial charge < -0.3 is 11.1 Å². The molecule has 5 heteroatoms. The minimum Gasteiger partial charge on any atom is -0.378 e. The van der Waals surface area contributed by atoms with Crippen LogP contribution in [0.3, 0.4) is 0 Å². The highest BCUT2D eigenvalue weighted by molar-refractivity contribution is 7.10. The third kappa shape index (κ3) is 3.08. The summed E-state index contributed by atoms with van der Waals surface area (Å²) in [6.45, 7) is 4.18. The largest absolute Gasteiger partial charge is 0.378 e. The first-order valence-electron chi connectivity index (χ1n) is 5.89. The summed E-state index contributed by atoms with van der Waals surface area (Å²) in [5.41, 5.74) is 7.70. The standard InChI is InChI=1S/C14H15ClN2OS/c1-8-5-6-19-13(8)9(2)17-10-3-4-11(14(16)18)12(15)7-10/h3-7,9,17H,1-2H3,(H2,16,18). The fourth-order valence-electron chi connectivity index (χ4n) is 1.95. The molecule has 2 aromatic rings. The number of carbonyl (C=O) groups is 1. The molecule has 0 saturated heterocycles. The number of nitrogens with one attached hydrogen (secondary N) is 1. The molecule has 0 aliphatic rings. The number of thiophene rings is 1. The number of rotatable bonds is 4. The molecule has 1 aromatic heterocycles. The number of nitrogens with two attached hydrogens (primary N) is 1. The molecule has 100 valence electrons. The van der Waals surface area contributed by atoms with E-state index in [-0.39, 0.29) is 6.04 Å². The quantitative estimate of drug-likeness (QED) is 0.896. The molecule has 19 heavy (non-hydrogen) atoms. The molecule has 1 heterocycles. The van der Waals surface area contributed by atoms with E-state index in [2.05, 4.69) is 30.6 Å². The molecular weight excluding hydrogens is 280 g/mol. The number of hydrogen-bond acceptors (Lipinski definition) is 3. The zero-order valence-electron chi connectivity index (χ0n) is 10.7. The van der Waals surface area contributed by atoms with E-state index in [4.69, 9.17) is 17.3 Å². The Morgan fingerprint density at radius 1 is 1.42 bits per heavy atom. The van der Waals surface area contributed by atoms with Gasteiger partial charge in [0.25, 0.3) is 0 Å². The van der Waals surface area contributed by atoms with E-state index in [0.29, 0.717) is 10.6 Å². The topological polar surface area (TPSA) is 55.1 Å². The summed E-state index contributed by atoms with van der Waals surface area (Å²) < 4.78 is 0. The molecule has 0 bridgehead atoms. The molecule has 1 unspecified atom stereocenters. The third-order valence-corrected chi connectivity index (χ3v) is 4.43. The zero-order valence-corrected chi connectivity index (χ0v) is 12.3. The molecule has 0 spiro atoms. The van der Waals surface area contributed by atoms with Crippen molar-refractivity contribution in [3.63, 3.8) is 0 Å². The molecule has 2 rings (SSSR count). The first-order valence-corrected chi connectivity index (χ1v) is 7.14. The van der Waals surface area contributed by atoms with Crippen molar-refractivity contribution in [2.75, 3.05) is 5.32 Å². The van der Waals surface area contributed by atoms with Gasteiger partial charge in [-0.3, -0.25) is 4.79 Å². The molecule has 0 radical (unpaired) electrons. The lowest BCUT2D eigenvalue weighted by Crippen LogP contribution is -2.12. The summed E-state index contributed by atoms with van der Waals surface area (Å²) in [6.07, 6.45) is 0. The number of anilines is 1. The number of primary amides is 1. The predicted molar refractivity (Wildman–Crippen MR) is 81.1 cm³/mol. The Bertz CT molecular complexity index is 609. The van der Waals surface area contributed by atoms with Gasteiger partial charge in [-0.2, -0.15) is 0 Å². The van der Waals surface area contributed by atoms with E-state index in [1.165, 1.54) is 10.4 Å². The number of aryl methyl sites for hydroxylation is 1. The van der Waals surface area contributed by atoms with Crippen molar-refractivity contribution in [2.24, 2.45) is 5.73 Å². The van der Waals surface area contributed by atoms with Gasteiger partial charge >= 0.3 is 0 Å². The SMILES string of the molecule is Cc1ccsc1C(C)Nc1ccc(C(N)=O)c(Cl)c1. The van der Waals surface area contributed by atoms with Crippen molar-refractivity contribution in [2.45, 2.75) is 19.9 Å². The van der Waals surface area contributed by atoms with Crippen molar-refractivity contribution in [1.29, 1.82) is 0 Å². The highest BCUT2D eigenvalue weighted by Crippen LogP contribution is 2.28. The summed E-state index contributed by atoms with van der Waals surface area (Å²) >= 11 is 7.75. The van der Waals surface area contributed by atoms with Crippen LogP contribution in [0.15, 0.2) is 29.6 Å². The Balaban J connectivity index is 2.18. The lowest BCUT2D eigenvalue weighted by molar-refractivity contribution is 0.100. The van der Waals surface area contributed by atoms with Gasteiger partial charge in [0.05, 0.1) is 16.6 Å². The maximum atomic E-state index is 11.1. The molecule has 1 atom stereocenters. The van der Waals surface area contributed by atoms with Crippen LogP contribution in [-0.4, -0.2) is 5.91 Å². The van der Waals surface area contributed by atoms with Gasteiger partial charge in [0, 0.05) is 10.6 Å². The Labute approximate surface area is 121 Å². The van der Waals surface area contributed by atoms with Crippen molar-refractivity contribution in [1.82, 2.24) is 0 Å². The second kappa shape index (κ2) is 5.63. The molecule has 0 fully saturated rings. The lowest BCUT2D eigenvalue weighted by Gasteiger charge is -2.15. The maximum absolute atomic E-state index is 11.1. The highest BCUT2D eigenvalue weighted by Gasteiger charge is 2.11. The molecule has 1 amide bonds. The van der Waals surface area contributed by atoms with E-state index >= 15 is 0 Å². The van der Waals surface area contributed by atoms with Crippen LogP contribution in [0.25, 0.3) is 0 Å². The Kier molecular flexibility index (Phi) is 4.12. The van der Waals surface area contributed by atoms with Crippen molar-refractivity contribution >= 4 is 34.5 Å². The summed E-state index contributed by atoms with van der Waals surface area (Å²) in [4.78, 5) is 12.4. The first-order chi connectivity index (χ1) is 8.99. The van der Waals surface area contributed by atoms with E-state index in [1.54, 1.807) is 23.5 Å². The van der Waals surface area contributed by atoms with E-state index in [9.17, 15) is 4.79 Å². The molecular formula is C14H15ClN2OS. The van der Waals surface area contributed by atoms with Crippen LogP contribution in [0, 0.1) is 6.92 Å². The lowest BCUT2D eigenvalue weighted by atomic mass is 10.1. The molecule has 0 saturated carbocycles. The van der Waals surface area contributed by atoms with Gasteiger partial charge in [-0.15, -0.1) is 11.3 Å². The number of carbonyl (C=O) groups excluding carboxylic acids is 1. The summed E-state index contributed by atoms with van der Waals surface area (Å²) in [5.74, 6) is -0.515. The number of amides is 1. The average Bonchev–Trinajstić information content (AvgIpc) is 2.75. The highest BCUT2D eigenvalue weighted by atomic mass is 35.5. The summed E-state index contributed by atoms with van der Waals surface area (Å²) in [5, 5.41) is 5.81. The van der Waals surface area contributed by atoms with Gasteiger partial charge in [-0.1, -0.05) is 11.6 Å². The first kappa shape index (κ1) is 13.9. The third-order valence-electron chi connectivity index (χ3n) is 2.91. The second-order valence-corrected chi connectivity index (χ2v) is 5.75. The maximum Gasteiger partial charge on any atom is 0.250 e. The van der Waals surface area contributed by atoms with E-state index < -0.39 is 5.91 Å². The van der Waals surface area contributed by atoms with Crippen LogP contribution in [0.4, 0.5) is 5.69 Å². The van der Waals surface area contributed by atoms with Crippen LogP contribution in [-0.2, 0) is 0 Å². The van der Waals surface area contributed by atoms with Crippen LogP contribution in [0.2, 0.25) is 5.02 Å². The van der Waals surface area contributed by atoms with Crippen LogP contribution >= 0.6 is 22.9 Å². The smallest absolute Gasteiger partial charge is 0.250 e. The fourth-order valence-corrected chi connectivity index (χ4v) is 3.16. The molecule has 3 N–H and O–H groups in total. The van der Waals surface area contributed by atoms with E-state index in [0.717, 1.165) is 5.69 Å². The minimum absolute atomic E-state index is 0.190. The Hall–Kier alpha value is -1.52. The normalized spacial score (nSPS) is 12.2. The Morgan fingerprint density at radius 3 is 2.68 bits per heavy atom. The van der Waals surface area contributed by atoms with Crippen molar-refractivity contribution in [3.8, 4) is 0 Å². The number of hydrogen-bond donors (Lipinski definition) is 2. The van der Waals surface area contributed by atoms with Crippen LogP contribution < -0.4 is 11.1 Å². The summed E-state index contributed by atoms with van der Waals surface area (Å²) in [7, 11) is 0. The number of benzene rings is 1. The fraction of sp³-hybridized carbons (Fsp3) is 0.214. The van der Waals surface area contributed by atoms with Gasteiger partial charge in [-0.05, 0) is 49.1 Å². The zero-order chi connectivity index (χ0) is 14.0. The molecule has 3 nitrogen and oxygen atoms in total. The number of halogens is 1. The minimum atomic E-state index is -0.515. The van der Waals surface area contributed by atoms with Crippen molar-refractivity contribution in [3.05, 3.63) is 50.7 Å². The van der Waals surface area contributed by atoms with Gasteiger partial charge in [0.2, 0.25) is 5.91 Å². The Morgan fingerprint density at radius 2 is 2.16 bits per heavy atom.